The summed E-state index contributed by atoms with van der Waals surface area (Å²) in [4.78, 5) is 37.7. The minimum absolute atomic E-state index is 0.0392. The van der Waals surface area contributed by atoms with E-state index in [1.54, 1.807) is 30.3 Å². The molecule has 156 valence electrons. The number of benzene rings is 1. The molecule has 1 aromatic rings. The van der Waals surface area contributed by atoms with E-state index in [1.807, 2.05) is 4.90 Å². The summed E-state index contributed by atoms with van der Waals surface area (Å²) >= 11 is 0. The second-order valence-electron chi connectivity index (χ2n) is 7.52. The molecule has 0 saturated carbocycles. The lowest BCUT2D eigenvalue weighted by molar-refractivity contribution is -0.131. The Kier molecular flexibility index (Phi) is 7.41. The van der Waals surface area contributed by atoms with E-state index in [2.05, 4.69) is 5.32 Å². The highest BCUT2D eigenvalue weighted by Gasteiger charge is 2.24. The van der Waals surface area contributed by atoms with Crippen molar-refractivity contribution in [3.8, 4) is 5.75 Å². The number of hydrogen-bond acceptors (Lipinski definition) is 5. The Hall–Kier alpha value is -2.67. The van der Waals surface area contributed by atoms with Crippen LogP contribution in [0.25, 0.3) is 0 Å². The van der Waals surface area contributed by atoms with Crippen LogP contribution in [0.1, 0.15) is 43.0 Å². The first-order valence-electron chi connectivity index (χ1n) is 10.1. The normalized spacial score (nSPS) is 17.6. The number of carbonyl (C=O) groups excluding carboxylic acids is 3. The summed E-state index contributed by atoms with van der Waals surface area (Å²) < 4.78 is 10.4. The molecular formula is C22H28N2O5. The zero-order chi connectivity index (χ0) is 20.6. The van der Waals surface area contributed by atoms with Crippen LogP contribution in [0.2, 0.25) is 0 Å². The van der Waals surface area contributed by atoms with Gasteiger partial charge in [0.05, 0.1) is 13.2 Å². The van der Waals surface area contributed by atoms with Crippen LogP contribution >= 0.6 is 0 Å². The predicted octanol–water partition coefficient (Wildman–Crippen LogP) is 2.32. The van der Waals surface area contributed by atoms with Gasteiger partial charge in [-0.25, -0.2) is 0 Å². The molecule has 1 aromatic carbocycles. The van der Waals surface area contributed by atoms with Crippen LogP contribution in [0.3, 0.4) is 0 Å². The molecule has 0 radical (unpaired) electrons. The van der Waals surface area contributed by atoms with Crippen LogP contribution in [0.4, 0.5) is 0 Å². The Bertz CT molecular complexity index is 773. The molecule has 0 aromatic heterocycles. The van der Waals surface area contributed by atoms with Crippen LogP contribution in [0, 0.1) is 5.92 Å². The molecule has 0 unspecified atom stereocenters. The molecule has 2 heterocycles. The third-order valence-electron chi connectivity index (χ3n) is 5.28. The Morgan fingerprint density at radius 3 is 2.62 bits per heavy atom. The minimum atomic E-state index is -0.412. The maximum absolute atomic E-state index is 12.7. The fourth-order valence-electron chi connectivity index (χ4n) is 3.64. The third kappa shape index (κ3) is 6.42. The largest absolute Gasteiger partial charge is 0.427 e. The van der Waals surface area contributed by atoms with Crippen molar-refractivity contribution in [1.29, 1.82) is 0 Å². The predicted molar refractivity (Wildman–Crippen MR) is 108 cm³/mol. The Morgan fingerprint density at radius 1 is 1.21 bits per heavy atom. The summed E-state index contributed by atoms with van der Waals surface area (Å²) in [6, 6.07) is 6.69. The Balaban J connectivity index is 1.44. The number of carbonyl (C=O) groups is 3. The first kappa shape index (κ1) is 21.0. The van der Waals surface area contributed by atoms with E-state index in [9.17, 15) is 14.4 Å². The fourth-order valence-corrected chi connectivity index (χ4v) is 3.64. The van der Waals surface area contributed by atoms with Crippen LogP contribution in [0.15, 0.2) is 35.9 Å². The van der Waals surface area contributed by atoms with Gasteiger partial charge in [0.15, 0.2) is 0 Å². The molecule has 0 atom stereocenters. The number of esters is 1. The van der Waals surface area contributed by atoms with Crippen molar-refractivity contribution in [3.63, 3.8) is 0 Å². The molecule has 1 N–H and O–H groups in total. The van der Waals surface area contributed by atoms with Crippen molar-refractivity contribution in [2.45, 2.75) is 32.6 Å². The molecule has 2 aliphatic heterocycles. The Labute approximate surface area is 171 Å². The molecule has 0 spiro atoms. The maximum atomic E-state index is 12.7. The van der Waals surface area contributed by atoms with Gasteiger partial charge in [-0.1, -0.05) is 11.6 Å². The van der Waals surface area contributed by atoms with Gasteiger partial charge in [-0.2, -0.15) is 0 Å². The lowest BCUT2D eigenvalue weighted by Crippen LogP contribution is -2.41. The highest BCUT2D eigenvalue weighted by molar-refractivity contribution is 5.94. The standard InChI is InChI=1S/C22H28N2O5/c1-16(25)29-20-4-2-3-19(14-20)22(27)24-9-5-18(6-10-24)15-23-21(26)13-17-7-11-28-12-8-17/h2-4,13-14,18H,5-12,15H2,1H3,(H,23,26). The topological polar surface area (TPSA) is 84.9 Å². The molecule has 2 saturated heterocycles. The summed E-state index contributed by atoms with van der Waals surface area (Å²) in [5.41, 5.74) is 1.66. The van der Waals surface area contributed by atoms with E-state index >= 15 is 0 Å². The van der Waals surface area contributed by atoms with E-state index in [-0.39, 0.29) is 11.8 Å². The van der Waals surface area contributed by atoms with Crippen LogP contribution < -0.4 is 10.1 Å². The lowest BCUT2D eigenvalue weighted by atomic mass is 9.96. The van der Waals surface area contributed by atoms with E-state index < -0.39 is 5.97 Å². The van der Waals surface area contributed by atoms with Gasteiger partial charge in [0.1, 0.15) is 5.75 Å². The average molecular weight is 400 g/mol. The second kappa shape index (κ2) is 10.2. The summed E-state index contributed by atoms with van der Waals surface area (Å²) in [6.45, 7) is 4.64. The number of likely N-dealkylation sites (tertiary alicyclic amines) is 1. The smallest absolute Gasteiger partial charge is 0.308 e. The van der Waals surface area contributed by atoms with Gasteiger partial charge in [0, 0.05) is 38.2 Å². The van der Waals surface area contributed by atoms with Gasteiger partial charge < -0.3 is 19.7 Å². The molecule has 29 heavy (non-hydrogen) atoms. The van der Waals surface area contributed by atoms with E-state index in [1.165, 1.54) is 6.92 Å². The van der Waals surface area contributed by atoms with Gasteiger partial charge >= 0.3 is 5.97 Å². The first-order chi connectivity index (χ1) is 14.0. The fraction of sp³-hybridized carbons (Fsp3) is 0.500. The average Bonchev–Trinajstić information content (AvgIpc) is 2.72. The highest BCUT2D eigenvalue weighted by Crippen LogP contribution is 2.21. The van der Waals surface area contributed by atoms with Crippen molar-refractivity contribution in [1.82, 2.24) is 10.2 Å². The van der Waals surface area contributed by atoms with E-state index in [0.717, 1.165) is 31.3 Å². The molecule has 7 heteroatoms. The monoisotopic (exact) mass is 400 g/mol. The maximum Gasteiger partial charge on any atom is 0.308 e. The van der Waals surface area contributed by atoms with Crippen molar-refractivity contribution < 1.29 is 23.9 Å². The summed E-state index contributed by atoms with van der Waals surface area (Å²) in [7, 11) is 0. The van der Waals surface area contributed by atoms with Crippen LogP contribution in [0.5, 0.6) is 5.75 Å². The van der Waals surface area contributed by atoms with Crippen molar-refractivity contribution >= 4 is 17.8 Å². The van der Waals surface area contributed by atoms with Crippen molar-refractivity contribution in [2.75, 3.05) is 32.8 Å². The molecule has 7 nitrogen and oxygen atoms in total. The van der Waals surface area contributed by atoms with Crippen LogP contribution in [-0.2, 0) is 14.3 Å². The summed E-state index contributed by atoms with van der Waals surface area (Å²) in [6.07, 6.45) is 5.05. The van der Waals surface area contributed by atoms with Gasteiger partial charge in [0.25, 0.3) is 5.91 Å². The lowest BCUT2D eigenvalue weighted by Gasteiger charge is -2.32. The second-order valence-corrected chi connectivity index (χ2v) is 7.52. The zero-order valence-corrected chi connectivity index (χ0v) is 16.8. The highest BCUT2D eigenvalue weighted by atomic mass is 16.5. The quantitative estimate of drug-likeness (QED) is 0.466. The number of amides is 2. The van der Waals surface area contributed by atoms with E-state index in [4.69, 9.17) is 9.47 Å². The summed E-state index contributed by atoms with van der Waals surface area (Å²) in [5, 5.41) is 2.99. The van der Waals surface area contributed by atoms with Crippen molar-refractivity contribution in [2.24, 2.45) is 5.92 Å². The third-order valence-corrected chi connectivity index (χ3v) is 5.28. The van der Waals surface area contributed by atoms with Gasteiger partial charge in [-0.3, -0.25) is 14.4 Å². The molecule has 2 fully saturated rings. The number of nitrogens with one attached hydrogen (secondary N) is 1. The molecule has 0 bridgehead atoms. The number of ether oxygens (including phenoxy) is 2. The van der Waals surface area contributed by atoms with Gasteiger partial charge in [-0.15, -0.1) is 0 Å². The summed E-state index contributed by atoms with van der Waals surface area (Å²) in [5.74, 6) is 0.224. The Morgan fingerprint density at radius 2 is 1.93 bits per heavy atom. The van der Waals surface area contributed by atoms with Crippen LogP contribution in [-0.4, -0.2) is 55.5 Å². The van der Waals surface area contributed by atoms with E-state index in [0.29, 0.717) is 50.1 Å². The zero-order valence-electron chi connectivity index (χ0n) is 16.8. The number of rotatable bonds is 5. The van der Waals surface area contributed by atoms with Gasteiger partial charge in [-0.05, 0) is 49.8 Å². The molecule has 3 rings (SSSR count). The SMILES string of the molecule is CC(=O)Oc1cccc(C(=O)N2CCC(CNC(=O)C=C3CCOCC3)CC2)c1. The molecule has 2 amide bonds. The number of nitrogens with zero attached hydrogens (tertiary/aromatic N) is 1. The molecule has 2 aliphatic rings. The molecule has 0 aliphatic carbocycles. The number of piperidine rings is 1. The first-order valence-corrected chi connectivity index (χ1v) is 10.1. The minimum Gasteiger partial charge on any atom is -0.427 e. The van der Waals surface area contributed by atoms with Crippen molar-refractivity contribution in [3.05, 3.63) is 41.5 Å². The molecular weight excluding hydrogens is 372 g/mol. The van der Waals surface area contributed by atoms with Gasteiger partial charge in [0.2, 0.25) is 5.91 Å². The number of hydrogen-bond donors (Lipinski definition) is 1.